The summed E-state index contributed by atoms with van der Waals surface area (Å²) in [6.07, 6.45) is 6.06. The maximum atomic E-state index is 13.0. The van der Waals surface area contributed by atoms with Crippen LogP contribution in [0.3, 0.4) is 0 Å². The first-order valence-electron chi connectivity index (χ1n) is 10.5. The smallest absolute Gasteiger partial charge is 0.247 e. The van der Waals surface area contributed by atoms with Crippen LogP contribution >= 0.6 is 0 Å². The lowest BCUT2D eigenvalue weighted by Crippen LogP contribution is -2.34. The fourth-order valence-electron chi connectivity index (χ4n) is 4.06. The maximum absolute atomic E-state index is 13.0. The van der Waals surface area contributed by atoms with E-state index in [2.05, 4.69) is 10.3 Å². The van der Waals surface area contributed by atoms with Crippen LogP contribution in [-0.2, 0) is 11.2 Å². The Morgan fingerprint density at radius 2 is 2.13 bits per heavy atom. The quantitative estimate of drug-likeness (QED) is 0.599. The number of aryl methyl sites for hydroxylation is 1. The molecule has 2 N–H and O–H groups in total. The monoisotopic (exact) mass is 417 g/mol. The van der Waals surface area contributed by atoms with Crippen LogP contribution in [0, 0.1) is 6.92 Å². The Morgan fingerprint density at radius 1 is 1.32 bits per heavy atom. The van der Waals surface area contributed by atoms with Gasteiger partial charge in [0.25, 0.3) is 0 Å². The number of nitrogens with zero attached hydrogens (tertiary/aromatic N) is 2. The van der Waals surface area contributed by atoms with Crippen molar-refractivity contribution in [2.24, 2.45) is 0 Å². The van der Waals surface area contributed by atoms with Crippen molar-refractivity contribution in [3.05, 3.63) is 82.9 Å². The number of methoxy groups -OCH3 is 1. The number of aliphatic hydroxyl groups excluding tert-OH is 1. The zero-order valence-corrected chi connectivity index (χ0v) is 18.0. The molecule has 1 aromatic heterocycles. The lowest BCUT2D eigenvalue weighted by molar-refractivity contribution is -0.119. The minimum absolute atomic E-state index is 0.170. The highest BCUT2D eigenvalue weighted by atomic mass is 16.5. The van der Waals surface area contributed by atoms with E-state index >= 15 is 0 Å². The minimum Gasteiger partial charge on any atom is -0.495 e. The number of hydrogen-bond acceptors (Lipinski definition) is 4. The largest absolute Gasteiger partial charge is 0.495 e. The first-order valence-corrected chi connectivity index (χ1v) is 10.5. The van der Waals surface area contributed by atoms with E-state index in [9.17, 15) is 9.90 Å². The van der Waals surface area contributed by atoms with Gasteiger partial charge in [-0.1, -0.05) is 37.3 Å². The van der Waals surface area contributed by atoms with E-state index in [0.717, 1.165) is 28.1 Å². The second kappa shape index (κ2) is 8.78. The first kappa shape index (κ1) is 20.9. The van der Waals surface area contributed by atoms with Gasteiger partial charge in [0.05, 0.1) is 37.0 Å². The predicted octanol–water partition coefficient (Wildman–Crippen LogP) is 3.76. The van der Waals surface area contributed by atoms with Crippen LogP contribution in [0.4, 0.5) is 0 Å². The van der Waals surface area contributed by atoms with E-state index in [1.54, 1.807) is 13.4 Å². The summed E-state index contributed by atoms with van der Waals surface area (Å²) in [5, 5.41) is 13.5. The van der Waals surface area contributed by atoms with Crippen LogP contribution in [0.1, 0.15) is 41.8 Å². The predicted molar refractivity (Wildman–Crippen MR) is 120 cm³/mol. The Kier molecular flexibility index (Phi) is 5.91. The number of aliphatic hydroxyl groups is 1. The molecule has 1 heterocycles. The molecule has 31 heavy (non-hydrogen) atoms. The number of imidazole rings is 1. The average molecular weight is 418 g/mol. The Hall–Kier alpha value is -3.38. The second-order valence-electron chi connectivity index (χ2n) is 7.80. The number of aromatic nitrogens is 2. The van der Waals surface area contributed by atoms with Crippen LogP contribution in [0.15, 0.2) is 60.6 Å². The zero-order chi connectivity index (χ0) is 22.0. The van der Waals surface area contributed by atoms with E-state index in [0.29, 0.717) is 24.2 Å². The van der Waals surface area contributed by atoms with Crippen molar-refractivity contribution in [3.8, 4) is 11.4 Å². The third-order valence-electron chi connectivity index (χ3n) is 5.70. The standard InChI is InChI=1S/C25H27N3O3/c1-4-18(25(30)27-24-20-8-6-5-7-19(20)13-22(24)29)11-17-9-10-21(23(12-17)31-3)28-14-16(2)26-15-28/h5-12,14-15,22,24,29H,4,13H2,1-3H3,(H,27,30)/t22-,24+/m0/s1. The molecule has 0 fully saturated rings. The minimum atomic E-state index is -0.613. The normalized spacial score (nSPS) is 18.0. The summed E-state index contributed by atoms with van der Waals surface area (Å²) in [7, 11) is 1.63. The molecule has 3 aromatic rings. The Bertz CT molecular complexity index is 1130. The van der Waals surface area contributed by atoms with E-state index in [4.69, 9.17) is 4.74 Å². The van der Waals surface area contributed by atoms with Crippen molar-refractivity contribution < 1.29 is 14.6 Å². The van der Waals surface area contributed by atoms with Gasteiger partial charge in [0.2, 0.25) is 5.91 Å². The number of carbonyl (C=O) groups excluding carboxylic acids is 1. The van der Waals surface area contributed by atoms with Gasteiger partial charge in [-0.3, -0.25) is 4.79 Å². The molecule has 1 amide bonds. The fraction of sp³-hybridized carbons (Fsp3) is 0.280. The molecule has 0 radical (unpaired) electrons. The third kappa shape index (κ3) is 4.25. The molecule has 6 heteroatoms. The van der Waals surface area contributed by atoms with Gasteiger partial charge in [-0.05, 0) is 48.2 Å². The summed E-state index contributed by atoms with van der Waals surface area (Å²) in [4.78, 5) is 17.3. The lowest BCUT2D eigenvalue weighted by Gasteiger charge is -2.19. The molecule has 0 saturated carbocycles. The second-order valence-corrected chi connectivity index (χ2v) is 7.80. The van der Waals surface area contributed by atoms with Crippen molar-refractivity contribution in [1.82, 2.24) is 14.9 Å². The number of fused-ring (bicyclic) bond motifs is 1. The molecule has 0 saturated heterocycles. The number of hydrogen-bond donors (Lipinski definition) is 2. The summed E-state index contributed by atoms with van der Waals surface area (Å²) in [6, 6.07) is 13.3. The lowest BCUT2D eigenvalue weighted by atomic mass is 10.0. The van der Waals surface area contributed by atoms with Crippen LogP contribution < -0.4 is 10.1 Å². The molecule has 160 valence electrons. The average Bonchev–Trinajstić information content (AvgIpc) is 3.34. The Balaban J connectivity index is 1.57. The van der Waals surface area contributed by atoms with Crippen molar-refractivity contribution in [2.45, 2.75) is 38.8 Å². The molecule has 1 aliphatic carbocycles. The molecular weight excluding hydrogens is 390 g/mol. The number of nitrogens with one attached hydrogen (secondary N) is 1. The van der Waals surface area contributed by atoms with E-state index < -0.39 is 6.10 Å². The number of rotatable bonds is 6. The molecule has 0 unspecified atom stereocenters. The van der Waals surface area contributed by atoms with E-state index in [1.807, 2.05) is 73.2 Å². The van der Waals surface area contributed by atoms with Crippen molar-refractivity contribution in [1.29, 1.82) is 0 Å². The van der Waals surface area contributed by atoms with Gasteiger partial charge >= 0.3 is 0 Å². The van der Waals surface area contributed by atoms with E-state index in [1.165, 1.54) is 0 Å². The maximum Gasteiger partial charge on any atom is 0.247 e. The number of amides is 1. The highest BCUT2D eigenvalue weighted by Crippen LogP contribution is 2.32. The van der Waals surface area contributed by atoms with Crippen molar-refractivity contribution in [2.75, 3.05) is 7.11 Å². The highest BCUT2D eigenvalue weighted by molar-refractivity contribution is 5.98. The van der Waals surface area contributed by atoms with Gasteiger partial charge < -0.3 is 19.7 Å². The summed E-state index contributed by atoms with van der Waals surface area (Å²) in [5.74, 6) is 0.527. The first-order chi connectivity index (χ1) is 15.0. The van der Waals surface area contributed by atoms with Crippen LogP contribution in [0.25, 0.3) is 11.8 Å². The van der Waals surface area contributed by atoms with Gasteiger partial charge in [-0.15, -0.1) is 0 Å². The summed E-state index contributed by atoms with van der Waals surface area (Å²) in [5.41, 5.74) is 5.39. The summed E-state index contributed by atoms with van der Waals surface area (Å²) >= 11 is 0. The molecule has 2 aromatic carbocycles. The number of ether oxygens (including phenoxy) is 1. The number of benzene rings is 2. The molecule has 2 atom stereocenters. The highest BCUT2D eigenvalue weighted by Gasteiger charge is 2.32. The third-order valence-corrected chi connectivity index (χ3v) is 5.70. The Morgan fingerprint density at radius 3 is 2.84 bits per heavy atom. The van der Waals surface area contributed by atoms with Gasteiger partial charge in [-0.2, -0.15) is 0 Å². The molecule has 0 bridgehead atoms. The van der Waals surface area contributed by atoms with Crippen molar-refractivity contribution in [3.63, 3.8) is 0 Å². The topological polar surface area (TPSA) is 76.4 Å². The summed E-state index contributed by atoms with van der Waals surface area (Å²) in [6.45, 7) is 3.89. The summed E-state index contributed by atoms with van der Waals surface area (Å²) < 4.78 is 7.49. The number of carbonyl (C=O) groups is 1. The molecule has 1 aliphatic rings. The zero-order valence-electron chi connectivity index (χ0n) is 18.0. The Labute approximate surface area is 182 Å². The van der Waals surface area contributed by atoms with E-state index in [-0.39, 0.29) is 11.9 Å². The van der Waals surface area contributed by atoms with Gasteiger partial charge in [0.1, 0.15) is 5.75 Å². The van der Waals surface area contributed by atoms with Crippen molar-refractivity contribution >= 4 is 12.0 Å². The van der Waals surface area contributed by atoms with Crippen LogP contribution in [-0.4, -0.2) is 33.8 Å². The molecule has 6 nitrogen and oxygen atoms in total. The molecule has 0 spiro atoms. The molecule has 0 aliphatic heterocycles. The van der Waals surface area contributed by atoms with Crippen LogP contribution in [0.2, 0.25) is 0 Å². The molecular formula is C25H27N3O3. The SMILES string of the molecule is CCC(=Cc1ccc(-n2cnc(C)c2)c(OC)c1)C(=O)N[C@@H]1c2ccccc2C[C@@H]1O. The van der Waals surface area contributed by atoms with Gasteiger partial charge in [-0.25, -0.2) is 4.98 Å². The molecule has 4 rings (SSSR count). The van der Waals surface area contributed by atoms with Gasteiger partial charge in [0, 0.05) is 18.2 Å². The fourth-order valence-corrected chi connectivity index (χ4v) is 4.06. The van der Waals surface area contributed by atoms with Crippen LogP contribution in [0.5, 0.6) is 5.75 Å². The van der Waals surface area contributed by atoms with Gasteiger partial charge in [0.15, 0.2) is 0 Å².